The molecule has 3 amide bonds. The second-order valence-corrected chi connectivity index (χ2v) is 9.59. The molecule has 1 rings (SSSR count). The summed E-state index contributed by atoms with van der Waals surface area (Å²) in [5.74, 6) is -0.578. The van der Waals surface area contributed by atoms with E-state index in [2.05, 4.69) is 20.0 Å². The van der Waals surface area contributed by atoms with Crippen LogP contribution in [0.2, 0.25) is 5.15 Å². The number of nitrogens with zero attached hydrogens (tertiary/aromatic N) is 3. The van der Waals surface area contributed by atoms with Crippen molar-refractivity contribution >= 4 is 41.9 Å². The summed E-state index contributed by atoms with van der Waals surface area (Å²) in [5, 5.41) is 2.06. The molecule has 0 fully saturated rings. The number of nitrogens with one attached hydrogen (secondary N) is 1. The fourth-order valence-electron chi connectivity index (χ4n) is 2.24. The van der Waals surface area contributed by atoms with Gasteiger partial charge in [0.05, 0.1) is 13.2 Å². The molecule has 0 aromatic carbocycles. The molecule has 0 radical (unpaired) electrons. The zero-order valence-electron chi connectivity index (χ0n) is 21.5. The number of anilines is 1. The van der Waals surface area contributed by atoms with Crippen LogP contribution in [0, 0.1) is 0 Å². The highest BCUT2D eigenvalue weighted by Gasteiger charge is 2.36. The highest BCUT2D eigenvalue weighted by molar-refractivity contribution is 6.31. The molecule has 0 aliphatic heterocycles. The van der Waals surface area contributed by atoms with E-state index in [1.165, 1.54) is 0 Å². The van der Waals surface area contributed by atoms with Gasteiger partial charge in [-0.05, 0) is 48.0 Å². The Morgan fingerprint density at radius 3 is 2.08 bits per heavy atom. The molecule has 0 bridgehead atoms. The van der Waals surface area contributed by atoms with Crippen LogP contribution in [0.5, 0.6) is 5.75 Å². The van der Waals surface area contributed by atoms with Crippen molar-refractivity contribution in [2.45, 2.75) is 72.5 Å². The third-order valence-corrected chi connectivity index (χ3v) is 3.89. The van der Waals surface area contributed by atoms with E-state index in [9.17, 15) is 19.2 Å². The van der Waals surface area contributed by atoms with Gasteiger partial charge in [-0.3, -0.25) is 0 Å². The van der Waals surface area contributed by atoms with E-state index in [0.29, 0.717) is 11.3 Å². The fourth-order valence-corrected chi connectivity index (χ4v) is 2.42. The third kappa shape index (κ3) is 11.4. The van der Waals surface area contributed by atoms with Gasteiger partial charge < -0.3 is 29.0 Å². The van der Waals surface area contributed by atoms with Gasteiger partial charge in [-0.1, -0.05) is 24.9 Å². The van der Waals surface area contributed by atoms with E-state index >= 15 is 0 Å². The lowest BCUT2D eigenvalue weighted by atomic mass is 10.2. The van der Waals surface area contributed by atoms with Crippen LogP contribution in [0.1, 0.15) is 61.3 Å². The number of rotatable bonds is 8. The quantitative estimate of drug-likeness (QED) is 0.160. The van der Waals surface area contributed by atoms with Crippen LogP contribution < -0.4 is 15.0 Å². The monoisotopic (exact) mass is 532 g/mol. The van der Waals surface area contributed by atoms with Crippen LogP contribution in [0.4, 0.5) is 25.0 Å². The fraction of sp³-hybridized carbons (Fsp3) is 0.636. The molecule has 202 valence electrons. The minimum Gasteiger partial charge on any atom is -0.485 e. The predicted octanol–water partition coefficient (Wildman–Crippen LogP) is 4.85. The summed E-state index contributed by atoms with van der Waals surface area (Å²) in [6.45, 7) is 11.4. The Balaban J connectivity index is 2.97. The summed E-state index contributed by atoms with van der Waals surface area (Å²) >= 11 is 6.14. The first-order chi connectivity index (χ1) is 16.6. The van der Waals surface area contributed by atoms with Crippen molar-refractivity contribution in [1.29, 1.82) is 0 Å². The van der Waals surface area contributed by atoms with Crippen LogP contribution in [-0.2, 0) is 18.9 Å². The molecule has 1 aromatic rings. The molecule has 0 atom stereocenters. The summed E-state index contributed by atoms with van der Waals surface area (Å²) in [6.07, 6.45) is -1.89. The summed E-state index contributed by atoms with van der Waals surface area (Å²) < 4.78 is 25.4. The van der Waals surface area contributed by atoms with Crippen molar-refractivity contribution in [3.05, 3.63) is 11.5 Å². The number of hydrogen-bond donors (Lipinski definition) is 1. The highest BCUT2D eigenvalue weighted by atomic mass is 35.5. The van der Waals surface area contributed by atoms with Crippen molar-refractivity contribution in [3.63, 3.8) is 0 Å². The molecule has 0 spiro atoms. The molecule has 14 heteroatoms. The van der Waals surface area contributed by atoms with Crippen LogP contribution in [0.15, 0.2) is 6.33 Å². The maximum absolute atomic E-state index is 12.9. The van der Waals surface area contributed by atoms with Gasteiger partial charge in [-0.2, -0.15) is 4.90 Å². The molecular weight excluding hydrogens is 500 g/mol. The predicted molar refractivity (Wildman–Crippen MR) is 128 cm³/mol. The van der Waals surface area contributed by atoms with Gasteiger partial charge in [0.2, 0.25) is 5.75 Å². The number of unbranched alkanes of at least 4 members (excludes halogenated alkanes) is 1. The van der Waals surface area contributed by atoms with Gasteiger partial charge in [0.15, 0.2) is 11.0 Å². The number of alkyl carbamates (subject to hydrolysis) is 1. The molecule has 13 nitrogen and oxygen atoms in total. The second-order valence-electron chi connectivity index (χ2n) is 9.23. The van der Waals surface area contributed by atoms with Gasteiger partial charge in [0.25, 0.3) is 0 Å². The van der Waals surface area contributed by atoms with Crippen LogP contribution in [0.3, 0.4) is 0 Å². The van der Waals surface area contributed by atoms with Crippen molar-refractivity contribution in [1.82, 2.24) is 15.3 Å². The average molecular weight is 533 g/mol. The third-order valence-electron chi connectivity index (χ3n) is 3.62. The molecule has 0 aliphatic rings. The number of ether oxygens (including phenoxy) is 5. The summed E-state index contributed by atoms with van der Waals surface area (Å²) in [4.78, 5) is 57.2. The highest BCUT2D eigenvalue weighted by Crippen LogP contribution is 2.33. The Kier molecular flexibility index (Phi) is 11.6. The lowest BCUT2D eigenvalue weighted by molar-refractivity contribution is 0.0426. The number of carbonyl (C=O) groups is 4. The normalized spacial score (nSPS) is 11.2. The van der Waals surface area contributed by atoms with Gasteiger partial charge in [-0.25, -0.2) is 29.1 Å². The van der Waals surface area contributed by atoms with Crippen LogP contribution in [0.25, 0.3) is 0 Å². The van der Waals surface area contributed by atoms with E-state index in [1.807, 2.05) is 6.92 Å². The minimum atomic E-state index is -1.13. The largest absolute Gasteiger partial charge is 0.517 e. The van der Waals surface area contributed by atoms with E-state index in [-0.39, 0.29) is 36.5 Å². The Labute approximate surface area is 214 Å². The van der Waals surface area contributed by atoms with Crippen molar-refractivity contribution < 1.29 is 42.9 Å². The van der Waals surface area contributed by atoms with Gasteiger partial charge in [-0.15, -0.1) is 0 Å². The summed E-state index contributed by atoms with van der Waals surface area (Å²) in [5.41, 5.74) is -1.89. The molecule has 0 aliphatic carbocycles. The SMILES string of the molecule is CCCCOC(=O)OC(=O)NCCOc1c(Cl)ncnc1N(C(=O)OC(C)(C)C)C(=O)OC(C)(C)C. The Bertz CT molecular complexity index is 901. The number of halogens is 1. The number of amides is 3. The lowest BCUT2D eigenvalue weighted by Crippen LogP contribution is -2.44. The first-order valence-corrected chi connectivity index (χ1v) is 11.5. The smallest absolute Gasteiger partial charge is 0.485 e. The molecule has 1 heterocycles. The zero-order valence-corrected chi connectivity index (χ0v) is 22.3. The van der Waals surface area contributed by atoms with Gasteiger partial charge >= 0.3 is 24.4 Å². The Morgan fingerprint density at radius 2 is 1.56 bits per heavy atom. The first-order valence-electron chi connectivity index (χ1n) is 11.2. The molecule has 0 unspecified atom stereocenters. The van der Waals surface area contributed by atoms with Crippen molar-refractivity contribution in [2.75, 3.05) is 24.7 Å². The Morgan fingerprint density at radius 1 is 0.972 bits per heavy atom. The molecule has 36 heavy (non-hydrogen) atoms. The second kappa shape index (κ2) is 13.7. The van der Waals surface area contributed by atoms with Crippen molar-refractivity contribution in [2.24, 2.45) is 0 Å². The summed E-state index contributed by atoms with van der Waals surface area (Å²) in [6, 6.07) is 0. The first kappa shape index (κ1) is 30.7. The number of carbonyl (C=O) groups excluding carboxylic acids is 4. The average Bonchev–Trinajstić information content (AvgIpc) is 2.70. The van der Waals surface area contributed by atoms with Crippen molar-refractivity contribution in [3.8, 4) is 5.75 Å². The van der Waals surface area contributed by atoms with E-state index in [0.717, 1.165) is 12.7 Å². The van der Waals surface area contributed by atoms with Crippen LogP contribution >= 0.6 is 11.6 Å². The zero-order chi connectivity index (χ0) is 27.5. The number of imide groups is 1. The molecule has 0 saturated carbocycles. The van der Waals surface area contributed by atoms with Gasteiger partial charge in [0, 0.05) is 0 Å². The molecule has 1 aromatic heterocycles. The molecule has 0 saturated heterocycles. The van der Waals surface area contributed by atoms with Gasteiger partial charge in [0.1, 0.15) is 24.1 Å². The molecule has 1 N–H and O–H groups in total. The maximum Gasteiger partial charge on any atom is 0.517 e. The number of hydrogen-bond acceptors (Lipinski definition) is 11. The van der Waals surface area contributed by atoms with E-state index in [1.54, 1.807) is 41.5 Å². The maximum atomic E-state index is 12.9. The number of aromatic nitrogens is 2. The van der Waals surface area contributed by atoms with E-state index < -0.39 is 35.6 Å². The molecular formula is C22H33ClN4O9. The standard InChI is InChI=1S/C22H33ClN4O9/c1-8-9-11-33-20(31)34-17(28)24-10-12-32-14-15(23)25-13-26-16(14)27(18(29)35-21(2,3)4)19(30)36-22(5,6)7/h13H,8-12H2,1-7H3,(H,24,28). The minimum absolute atomic E-state index is 0.132. The van der Waals surface area contributed by atoms with Crippen LogP contribution in [-0.4, -0.2) is 65.4 Å². The Hall–Kier alpha value is -3.35. The van der Waals surface area contributed by atoms with E-state index in [4.69, 9.17) is 30.5 Å². The summed E-state index contributed by atoms with van der Waals surface area (Å²) in [7, 11) is 0. The topological polar surface area (TPSA) is 155 Å². The lowest BCUT2D eigenvalue weighted by Gasteiger charge is -2.28.